The van der Waals surface area contributed by atoms with Crippen LogP contribution in [-0.4, -0.2) is 76.7 Å². The summed E-state index contributed by atoms with van der Waals surface area (Å²) in [6.07, 6.45) is 6.52. The Labute approximate surface area is 285 Å². The molecule has 2 fully saturated rings. The molecular formula is C37H42ClN3O7. The first kappa shape index (κ1) is 33.9. The molecule has 9 atom stereocenters. The van der Waals surface area contributed by atoms with Gasteiger partial charge in [0.2, 0.25) is 11.8 Å². The summed E-state index contributed by atoms with van der Waals surface area (Å²) >= 11 is 6.16. The minimum absolute atomic E-state index is 0.162. The van der Waals surface area contributed by atoms with E-state index in [0.29, 0.717) is 29.1 Å². The SMILES string of the molecule is CC[C@H](C)[C@H](CO)N1C(=O)[C@@H]2[C@H]3C(=O)O[C@H](c4ccccc4)[C@@H](C)NC(=O)CC/C=C\[C@H]3O[C@@]23C=CCN(c2ccc(Cl)cc2)C(=O)[C@@H]13. The maximum atomic E-state index is 14.9. The number of aliphatic hydroxyl groups excluding tert-OH is 1. The Balaban J connectivity index is 1.48. The molecule has 6 rings (SSSR count). The summed E-state index contributed by atoms with van der Waals surface area (Å²) in [4.78, 5) is 60.0. The summed E-state index contributed by atoms with van der Waals surface area (Å²) in [5.74, 6) is -4.07. The summed E-state index contributed by atoms with van der Waals surface area (Å²) in [7, 11) is 0. The number of esters is 1. The average molecular weight is 676 g/mol. The van der Waals surface area contributed by atoms with E-state index in [9.17, 15) is 24.3 Å². The molecule has 2 aromatic rings. The van der Waals surface area contributed by atoms with Gasteiger partial charge in [-0.1, -0.05) is 86.5 Å². The van der Waals surface area contributed by atoms with Gasteiger partial charge in [-0.05, 0) is 49.1 Å². The van der Waals surface area contributed by atoms with E-state index in [1.165, 1.54) is 4.90 Å². The Hall–Kier alpha value is -3.99. The minimum Gasteiger partial charge on any atom is -0.455 e. The highest BCUT2D eigenvalue weighted by atomic mass is 35.5. The van der Waals surface area contributed by atoms with E-state index in [1.54, 1.807) is 60.4 Å². The van der Waals surface area contributed by atoms with Crippen LogP contribution in [0.5, 0.6) is 0 Å². The average Bonchev–Trinajstić information content (AvgIpc) is 3.47. The number of carbonyl (C=O) groups is 4. The Morgan fingerprint density at radius 3 is 2.46 bits per heavy atom. The molecule has 4 heterocycles. The van der Waals surface area contributed by atoms with Crippen LogP contribution in [0.2, 0.25) is 5.02 Å². The molecule has 0 aromatic heterocycles. The topological polar surface area (TPSA) is 125 Å². The third kappa shape index (κ3) is 5.95. The third-order valence-electron chi connectivity index (χ3n) is 10.3. The van der Waals surface area contributed by atoms with E-state index in [1.807, 2.05) is 44.2 Å². The molecule has 0 radical (unpaired) electrons. The third-order valence-corrected chi connectivity index (χ3v) is 10.5. The molecule has 2 N–H and O–H groups in total. The summed E-state index contributed by atoms with van der Waals surface area (Å²) < 4.78 is 13.1. The lowest BCUT2D eigenvalue weighted by Gasteiger charge is -2.40. The van der Waals surface area contributed by atoms with Crippen LogP contribution in [0.4, 0.5) is 5.69 Å². The first-order chi connectivity index (χ1) is 23.1. The van der Waals surface area contributed by atoms with Gasteiger partial charge in [-0.2, -0.15) is 0 Å². The molecule has 2 aromatic carbocycles. The van der Waals surface area contributed by atoms with Gasteiger partial charge in [-0.25, -0.2) is 0 Å². The van der Waals surface area contributed by atoms with Gasteiger partial charge in [0.25, 0.3) is 5.91 Å². The quantitative estimate of drug-likeness (QED) is 0.344. The van der Waals surface area contributed by atoms with E-state index in [4.69, 9.17) is 21.1 Å². The number of amides is 3. The molecular weight excluding hydrogens is 634 g/mol. The van der Waals surface area contributed by atoms with Crippen molar-refractivity contribution in [1.29, 1.82) is 0 Å². The number of anilines is 1. The van der Waals surface area contributed by atoms with Crippen molar-refractivity contribution >= 4 is 41.0 Å². The number of cyclic esters (lactones) is 1. The number of rotatable bonds is 6. The number of aliphatic hydroxyl groups is 1. The van der Waals surface area contributed by atoms with Crippen molar-refractivity contribution in [1.82, 2.24) is 10.2 Å². The molecule has 0 aliphatic carbocycles. The fourth-order valence-corrected chi connectivity index (χ4v) is 7.79. The van der Waals surface area contributed by atoms with Crippen LogP contribution in [0.25, 0.3) is 0 Å². The Kier molecular flexibility index (Phi) is 9.79. The maximum absolute atomic E-state index is 14.9. The Morgan fingerprint density at radius 2 is 1.77 bits per heavy atom. The first-order valence-corrected chi connectivity index (χ1v) is 17.1. The molecule has 4 aliphatic rings. The van der Waals surface area contributed by atoms with Gasteiger partial charge in [-0.3, -0.25) is 19.2 Å². The number of halogens is 1. The number of nitrogens with zero attached hydrogens (tertiary/aromatic N) is 2. The highest BCUT2D eigenvalue weighted by molar-refractivity contribution is 6.30. The lowest BCUT2D eigenvalue weighted by atomic mass is 9.77. The van der Waals surface area contributed by atoms with Crippen LogP contribution in [-0.2, 0) is 28.7 Å². The second-order valence-corrected chi connectivity index (χ2v) is 13.6. The van der Waals surface area contributed by atoms with Gasteiger partial charge in [0.15, 0.2) is 0 Å². The lowest BCUT2D eigenvalue weighted by Crippen LogP contribution is -2.59. The van der Waals surface area contributed by atoms with Crippen LogP contribution < -0.4 is 10.2 Å². The monoisotopic (exact) mass is 675 g/mol. The van der Waals surface area contributed by atoms with Crippen molar-refractivity contribution in [2.24, 2.45) is 17.8 Å². The molecule has 10 nitrogen and oxygen atoms in total. The van der Waals surface area contributed by atoms with Crippen molar-refractivity contribution in [2.45, 2.75) is 76.0 Å². The highest BCUT2D eigenvalue weighted by Crippen LogP contribution is 2.54. The van der Waals surface area contributed by atoms with Crippen LogP contribution in [0.15, 0.2) is 78.9 Å². The summed E-state index contributed by atoms with van der Waals surface area (Å²) in [6.45, 7) is 5.50. The zero-order valence-electron chi connectivity index (χ0n) is 27.3. The number of hydrogen-bond donors (Lipinski definition) is 2. The van der Waals surface area contributed by atoms with E-state index < -0.39 is 59.6 Å². The number of nitrogens with one attached hydrogen (secondary N) is 1. The Morgan fingerprint density at radius 1 is 1.04 bits per heavy atom. The van der Waals surface area contributed by atoms with Crippen LogP contribution in [0.1, 0.15) is 51.7 Å². The number of fused-ring (bicyclic) bond motifs is 2. The second-order valence-electron chi connectivity index (χ2n) is 13.1. The first-order valence-electron chi connectivity index (χ1n) is 16.7. The largest absolute Gasteiger partial charge is 0.455 e. The number of hydrogen-bond acceptors (Lipinski definition) is 7. The summed E-state index contributed by atoms with van der Waals surface area (Å²) in [5.41, 5.74) is -0.252. The zero-order chi connectivity index (χ0) is 34.2. The lowest BCUT2D eigenvalue weighted by molar-refractivity contribution is -0.162. The van der Waals surface area contributed by atoms with Crippen LogP contribution in [0.3, 0.4) is 0 Å². The molecule has 0 saturated carbocycles. The summed E-state index contributed by atoms with van der Waals surface area (Å²) in [5, 5.41) is 14.2. The van der Waals surface area contributed by atoms with E-state index >= 15 is 0 Å². The van der Waals surface area contributed by atoms with Gasteiger partial charge < -0.3 is 29.7 Å². The molecule has 0 unspecified atom stereocenters. The number of carbonyl (C=O) groups excluding carboxylic acids is 4. The predicted molar refractivity (Wildman–Crippen MR) is 180 cm³/mol. The molecule has 3 amide bonds. The number of ether oxygens (including phenoxy) is 2. The van der Waals surface area contributed by atoms with Gasteiger partial charge in [-0.15, -0.1) is 0 Å². The summed E-state index contributed by atoms with van der Waals surface area (Å²) in [6, 6.07) is 13.6. The van der Waals surface area contributed by atoms with Gasteiger partial charge >= 0.3 is 5.97 Å². The van der Waals surface area contributed by atoms with Crippen molar-refractivity contribution in [2.75, 3.05) is 18.1 Å². The van der Waals surface area contributed by atoms with Crippen molar-refractivity contribution < 1.29 is 33.8 Å². The standard InChI is InChI=1S/C37H42ClN3O7/c1-4-22(2)27(21-42)41-33-35(45)40(26-17-15-25(38)16-18-26)20-10-19-37(33)31(34(41)44)30-28(48-37)13-8-9-14-29(43)39-23(3)32(47-36(30)46)24-11-6-5-7-12-24/h5-8,10-13,15-19,22-23,27-28,30-33,42H,4,9,14,20-21H2,1-3H3,(H,39,43)/b13-8-/t22-,23+,27-,28+,30-,31-,32-,33+,37-/m0/s1. The van der Waals surface area contributed by atoms with Crippen molar-refractivity contribution in [3.63, 3.8) is 0 Å². The van der Waals surface area contributed by atoms with Crippen molar-refractivity contribution in [3.05, 3.63) is 89.5 Å². The van der Waals surface area contributed by atoms with Crippen LogP contribution in [0, 0.1) is 17.8 Å². The molecule has 48 heavy (non-hydrogen) atoms. The molecule has 254 valence electrons. The number of benzene rings is 2. The van der Waals surface area contributed by atoms with Gasteiger partial charge in [0, 0.05) is 23.7 Å². The second kappa shape index (κ2) is 13.9. The molecule has 11 heteroatoms. The normalized spacial score (nSPS) is 32.5. The molecule has 4 aliphatic heterocycles. The fourth-order valence-electron chi connectivity index (χ4n) is 7.67. The number of likely N-dealkylation sites (tertiary alicyclic amines) is 1. The molecule has 0 bridgehead atoms. The minimum atomic E-state index is -1.53. The van der Waals surface area contributed by atoms with E-state index in [2.05, 4.69) is 5.32 Å². The van der Waals surface area contributed by atoms with E-state index in [0.717, 1.165) is 0 Å². The van der Waals surface area contributed by atoms with Crippen molar-refractivity contribution in [3.8, 4) is 0 Å². The number of allylic oxidation sites excluding steroid dienone is 1. The molecule has 2 saturated heterocycles. The molecule has 1 spiro atoms. The van der Waals surface area contributed by atoms with Gasteiger partial charge in [0.05, 0.1) is 30.7 Å². The maximum Gasteiger partial charge on any atom is 0.313 e. The van der Waals surface area contributed by atoms with E-state index in [-0.39, 0.29) is 37.3 Å². The highest BCUT2D eigenvalue weighted by Gasteiger charge is 2.73. The zero-order valence-corrected chi connectivity index (χ0v) is 28.1. The Bertz CT molecular complexity index is 1600. The van der Waals surface area contributed by atoms with Gasteiger partial charge in [0.1, 0.15) is 23.7 Å². The van der Waals surface area contributed by atoms with Crippen LogP contribution >= 0.6 is 11.6 Å². The fraction of sp³-hybridized carbons (Fsp3) is 0.459. The smallest absolute Gasteiger partial charge is 0.313 e. The predicted octanol–water partition coefficient (Wildman–Crippen LogP) is 4.37.